The second-order valence-corrected chi connectivity index (χ2v) is 6.85. The predicted molar refractivity (Wildman–Crippen MR) is 123 cm³/mol. The molecule has 0 aromatic heterocycles. The van der Waals surface area contributed by atoms with Crippen LogP contribution < -0.4 is 15.8 Å². The number of nitrogens with one attached hydrogen (secondary N) is 2. The molecule has 0 aliphatic carbocycles. The minimum atomic E-state index is -0.589. The summed E-state index contributed by atoms with van der Waals surface area (Å²) < 4.78 is 0. The molecule has 0 heterocycles. The molecule has 4 aromatic carbocycles. The zero-order valence-corrected chi connectivity index (χ0v) is 16.5. The lowest BCUT2D eigenvalue weighted by atomic mass is 10.0. The molecular formula is C26H23N3O. The monoisotopic (exact) mass is 393 g/mol. The Bertz CT molecular complexity index is 1050. The van der Waals surface area contributed by atoms with Crippen LogP contribution in [0.4, 0.5) is 17.1 Å². The van der Waals surface area contributed by atoms with Crippen molar-refractivity contribution < 1.29 is 4.79 Å². The molecule has 0 fully saturated rings. The van der Waals surface area contributed by atoms with E-state index < -0.39 is 6.04 Å². The molecule has 1 atom stereocenters. The fourth-order valence-electron chi connectivity index (χ4n) is 3.30. The number of para-hydroxylation sites is 3. The largest absolute Gasteiger partial charge is 0.324 e. The van der Waals surface area contributed by atoms with Crippen molar-refractivity contribution in [1.29, 1.82) is 0 Å². The van der Waals surface area contributed by atoms with Crippen molar-refractivity contribution in [2.45, 2.75) is 6.04 Å². The van der Waals surface area contributed by atoms with Gasteiger partial charge in [-0.3, -0.25) is 15.2 Å². The first kappa shape index (κ1) is 19.3. The highest BCUT2D eigenvalue weighted by Gasteiger charge is 2.28. The highest BCUT2D eigenvalue weighted by atomic mass is 16.2. The number of hydrogen-bond acceptors (Lipinski definition) is 3. The topological polar surface area (TPSA) is 44.4 Å². The number of hydrogen-bond donors (Lipinski definition) is 2. The predicted octanol–water partition coefficient (Wildman–Crippen LogP) is 5.90. The number of carbonyl (C=O) groups is 1. The van der Waals surface area contributed by atoms with Crippen molar-refractivity contribution in [2.24, 2.45) is 0 Å². The van der Waals surface area contributed by atoms with E-state index in [0.29, 0.717) is 0 Å². The number of anilines is 3. The fraction of sp³-hybridized carbons (Fsp3) is 0.0385. The lowest BCUT2D eigenvalue weighted by Crippen LogP contribution is -2.41. The molecule has 4 heteroatoms. The molecule has 0 saturated carbocycles. The van der Waals surface area contributed by atoms with Crippen LogP contribution in [0.2, 0.25) is 0 Å². The first-order valence-corrected chi connectivity index (χ1v) is 9.88. The molecule has 0 saturated heterocycles. The van der Waals surface area contributed by atoms with Gasteiger partial charge in [0.2, 0.25) is 0 Å². The number of nitrogens with zero attached hydrogens (tertiary/aromatic N) is 1. The Morgan fingerprint density at radius 3 is 1.63 bits per heavy atom. The Morgan fingerprint density at radius 2 is 1.07 bits per heavy atom. The van der Waals surface area contributed by atoms with E-state index in [9.17, 15) is 4.79 Å². The number of rotatable bonds is 7. The van der Waals surface area contributed by atoms with Crippen LogP contribution in [0.1, 0.15) is 11.6 Å². The molecule has 2 N–H and O–H groups in total. The summed E-state index contributed by atoms with van der Waals surface area (Å²) in [5, 5.41) is 4.96. The van der Waals surface area contributed by atoms with Crippen LogP contribution in [0.3, 0.4) is 0 Å². The Kier molecular flexibility index (Phi) is 6.06. The maximum absolute atomic E-state index is 13.5. The molecular weight excluding hydrogens is 370 g/mol. The van der Waals surface area contributed by atoms with Crippen molar-refractivity contribution in [3.63, 3.8) is 0 Å². The average molecular weight is 393 g/mol. The minimum absolute atomic E-state index is 0.125. The van der Waals surface area contributed by atoms with Gasteiger partial charge < -0.3 is 5.32 Å². The third kappa shape index (κ3) is 4.67. The Morgan fingerprint density at radius 1 is 0.600 bits per heavy atom. The van der Waals surface area contributed by atoms with E-state index in [-0.39, 0.29) is 5.91 Å². The van der Waals surface area contributed by atoms with E-state index in [0.717, 1.165) is 22.6 Å². The Balaban J connectivity index is 1.75. The number of hydrazine groups is 1. The molecule has 0 radical (unpaired) electrons. The SMILES string of the molecule is O=C(Nc1ccccc1)C(c1ccccc1)N(Nc1ccccc1)c1ccccc1. The van der Waals surface area contributed by atoms with Gasteiger partial charge in [-0.1, -0.05) is 84.9 Å². The van der Waals surface area contributed by atoms with Crippen LogP contribution in [-0.4, -0.2) is 5.91 Å². The molecule has 0 spiro atoms. The summed E-state index contributed by atoms with van der Waals surface area (Å²) in [5.74, 6) is -0.125. The summed E-state index contributed by atoms with van der Waals surface area (Å²) in [7, 11) is 0. The van der Waals surface area contributed by atoms with E-state index in [4.69, 9.17) is 0 Å². The van der Waals surface area contributed by atoms with Crippen LogP contribution in [0, 0.1) is 0 Å². The zero-order valence-electron chi connectivity index (χ0n) is 16.5. The summed E-state index contributed by atoms with van der Waals surface area (Å²) >= 11 is 0. The van der Waals surface area contributed by atoms with Crippen molar-refractivity contribution in [2.75, 3.05) is 15.8 Å². The second-order valence-electron chi connectivity index (χ2n) is 6.85. The molecule has 1 unspecified atom stereocenters. The fourth-order valence-corrected chi connectivity index (χ4v) is 3.30. The first-order chi connectivity index (χ1) is 14.8. The molecule has 4 rings (SSSR count). The maximum atomic E-state index is 13.5. The molecule has 30 heavy (non-hydrogen) atoms. The summed E-state index contributed by atoms with van der Waals surface area (Å²) in [6.07, 6.45) is 0. The Hall–Kier alpha value is -4.05. The lowest BCUT2D eigenvalue weighted by Gasteiger charge is -2.34. The smallest absolute Gasteiger partial charge is 0.253 e. The standard InChI is InChI=1S/C26H23N3O/c30-26(27-22-15-7-2-8-16-22)25(21-13-5-1-6-14-21)29(24-19-11-4-12-20-24)28-23-17-9-3-10-18-23/h1-20,25,28H,(H,27,30). The maximum Gasteiger partial charge on any atom is 0.253 e. The molecule has 1 amide bonds. The van der Waals surface area contributed by atoms with Crippen molar-refractivity contribution in [1.82, 2.24) is 0 Å². The summed E-state index contributed by atoms with van der Waals surface area (Å²) in [6, 6.07) is 38.4. The van der Waals surface area contributed by atoms with Crippen LogP contribution in [0.5, 0.6) is 0 Å². The van der Waals surface area contributed by atoms with Gasteiger partial charge in [-0.15, -0.1) is 0 Å². The van der Waals surface area contributed by atoms with Crippen LogP contribution in [0.15, 0.2) is 121 Å². The van der Waals surface area contributed by atoms with Gasteiger partial charge in [0.1, 0.15) is 0 Å². The van der Waals surface area contributed by atoms with Crippen molar-refractivity contribution in [3.05, 3.63) is 127 Å². The van der Waals surface area contributed by atoms with Crippen LogP contribution in [-0.2, 0) is 4.79 Å². The second kappa shape index (κ2) is 9.43. The molecule has 4 nitrogen and oxygen atoms in total. The Labute approximate surface area is 176 Å². The third-order valence-corrected chi connectivity index (χ3v) is 4.72. The van der Waals surface area contributed by atoms with E-state index in [2.05, 4.69) is 10.7 Å². The van der Waals surface area contributed by atoms with Gasteiger partial charge in [0.05, 0.1) is 11.4 Å². The van der Waals surface area contributed by atoms with Crippen LogP contribution >= 0.6 is 0 Å². The van der Waals surface area contributed by atoms with Crippen molar-refractivity contribution in [3.8, 4) is 0 Å². The zero-order chi connectivity index (χ0) is 20.6. The van der Waals surface area contributed by atoms with Gasteiger partial charge in [-0.2, -0.15) is 0 Å². The lowest BCUT2D eigenvalue weighted by molar-refractivity contribution is -0.117. The summed E-state index contributed by atoms with van der Waals surface area (Å²) in [5.41, 5.74) is 6.87. The molecule has 0 aliphatic heterocycles. The van der Waals surface area contributed by atoms with Gasteiger partial charge >= 0.3 is 0 Å². The van der Waals surface area contributed by atoms with Gasteiger partial charge in [-0.25, -0.2) is 0 Å². The number of amides is 1. The molecule has 0 aliphatic rings. The number of carbonyl (C=O) groups excluding carboxylic acids is 1. The van der Waals surface area contributed by atoms with E-state index in [1.165, 1.54) is 0 Å². The summed E-state index contributed by atoms with van der Waals surface area (Å²) in [6.45, 7) is 0. The summed E-state index contributed by atoms with van der Waals surface area (Å²) in [4.78, 5) is 13.5. The number of benzene rings is 4. The molecule has 0 bridgehead atoms. The van der Waals surface area contributed by atoms with Gasteiger partial charge in [0, 0.05) is 5.69 Å². The molecule has 4 aromatic rings. The highest BCUT2D eigenvalue weighted by molar-refractivity contribution is 5.98. The van der Waals surface area contributed by atoms with Crippen molar-refractivity contribution >= 4 is 23.0 Å². The highest BCUT2D eigenvalue weighted by Crippen LogP contribution is 2.29. The van der Waals surface area contributed by atoms with Crippen LogP contribution in [0.25, 0.3) is 0 Å². The van der Waals surface area contributed by atoms with E-state index in [1.54, 1.807) is 0 Å². The van der Waals surface area contributed by atoms with Gasteiger partial charge in [0.25, 0.3) is 5.91 Å². The average Bonchev–Trinajstić information content (AvgIpc) is 2.81. The first-order valence-electron chi connectivity index (χ1n) is 9.88. The van der Waals surface area contributed by atoms with Gasteiger partial charge in [0.15, 0.2) is 6.04 Å². The van der Waals surface area contributed by atoms with E-state index in [1.807, 2.05) is 126 Å². The quantitative estimate of drug-likeness (QED) is 0.384. The normalized spacial score (nSPS) is 11.3. The van der Waals surface area contributed by atoms with Gasteiger partial charge in [-0.05, 0) is 42.0 Å². The third-order valence-electron chi connectivity index (χ3n) is 4.72. The molecule has 148 valence electrons. The van der Waals surface area contributed by atoms with E-state index >= 15 is 0 Å². The minimum Gasteiger partial charge on any atom is -0.324 e.